The quantitative estimate of drug-likeness (QED) is 0.705. The van der Waals surface area contributed by atoms with Gasteiger partial charge in [0.1, 0.15) is 12.1 Å². The van der Waals surface area contributed by atoms with Crippen LogP contribution in [0.5, 0.6) is 0 Å². The molecule has 0 amide bonds. The molecule has 3 rings (SSSR count). The van der Waals surface area contributed by atoms with E-state index in [0.717, 1.165) is 27.7 Å². The van der Waals surface area contributed by atoms with Gasteiger partial charge in [-0.2, -0.15) is 0 Å². The summed E-state index contributed by atoms with van der Waals surface area (Å²) in [5.41, 5.74) is 9.84. The molecule has 2 aromatic heterocycles. The second kappa shape index (κ2) is 4.07. The highest BCUT2D eigenvalue weighted by Crippen LogP contribution is 2.25. The molecule has 88 valence electrons. The topological polar surface area (TPSA) is 64.7 Å². The fourth-order valence-corrected chi connectivity index (χ4v) is 1.89. The van der Waals surface area contributed by atoms with Crippen LogP contribution in [0.2, 0.25) is 0 Å². The average molecular weight is 236 g/mol. The molecule has 0 spiro atoms. The largest absolute Gasteiger partial charge is 0.383 e. The van der Waals surface area contributed by atoms with Gasteiger partial charge in [-0.15, -0.1) is 0 Å². The summed E-state index contributed by atoms with van der Waals surface area (Å²) in [6, 6.07) is 9.99. The molecule has 1 aromatic carbocycles. The van der Waals surface area contributed by atoms with Crippen molar-refractivity contribution in [2.75, 3.05) is 5.73 Å². The van der Waals surface area contributed by atoms with Gasteiger partial charge < -0.3 is 5.73 Å². The minimum atomic E-state index is 0.502. The van der Waals surface area contributed by atoms with Crippen molar-refractivity contribution < 1.29 is 0 Å². The first-order chi connectivity index (χ1) is 8.74. The second-order valence-electron chi connectivity index (χ2n) is 4.18. The van der Waals surface area contributed by atoms with E-state index in [9.17, 15) is 0 Å². The third kappa shape index (κ3) is 1.78. The average Bonchev–Trinajstić information content (AvgIpc) is 2.40. The molecular formula is C14H12N4. The molecule has 0 atom stereocenters. The van der Waals surface area contributed by atoms with Crippen molar-refractivity contribution in [3.8, 4) is 11.1 Å². The number of nitrogen functional groups attached to an aromatic ring is 1. The molecule has 4 nitrogen and oxygen atoms in total. The van der Waals surface area contributed by atoms with Crippen LogP contribution in [0.15, 0.2) is 42.9 Å². The minimum Gasteiger partial charge on any atom is -0.383 e. The van der Waals surface area contributed by atoms with E-state index in [1.165, 1.54) is 6.33 Å². The van der Waals surface area contributed by atoms with Crippen LogP contribution < -0.4 is 5.73 Å². The van der Waals surface area contributed by atoms with E-state index < -0.39 is 0 Å². The van der Waals surface area contributed by atoms with E-state index in [0.29, 0.717) is 5.82 Å². The van der Waals surface area contributed by atoms with E-state index >= 15 is 0 Å². The van der Waals surface area contributed by atoms with Crippen LogP contribution in [0.3, 0.4) is 0 Å². The molecular weight excluding hydrogens is 224 g/mol. The van der Waals surface area contributed by atoms with Gasteiger partial charge in [-0.05, 0) is 30.7 Å². The summed E-state index contributed by atoms with van der Waals surface area (Å²) in [7, 11) is 0. The maximum Gasteiger partial charge on any atom is 0.134 e. The minimum absolute atomic E-state index is 0.502. The molecule has 0 fully saturated rings. The van der Waals surface area contributed by atoms with Gasteiger partial charge in [0.15, 0.2) is 0 Å². The number of hydrogen-bond donors (Lipinski definition) is 1. The maximum absolute atomic E-state index is 5.86. The van der Waals surface area contributed by atoms with Crippen molar-refractivity contribution in [1.29, 1.82) is 0 Å². The molecule has 0 saturated carbocycles. The van der Waals surface area contributed by atoms with Gasteiger partial charge in [0.25, 0.3) is 0 Å². The fourth-order valence-electron chi connectivity index (χ4n) is 1.89. The zero-order chi connectivity index (χ0) is 12.5. The Morgan fingerprint density at radius 1 is 0.944 bits per heavy atom. The van der Waals surface area contributed by atoms with E-state index in [2.05, 4.69) is 15.0 Å². The number of anilines is 1. The summed E-state index contributed by atoms with van der Waals surface area (Å²) in [5, 5.41) is 0.871. The molecule has 0 saturated heterocycles. The predicted octanol–water partition coefficient (Wildman–Crippen LogP) is 2.58. The van der Waals surface area contributed by atoms with Crippen molar-refractivity contribution in [3.63, 3.8) is 0 Å². The van der Waals surface area contributed by atoms with Gasteiger partial charge >= 0.3 is 0 Å². The second-order valence-corrected chi connectivity index (χ2v) is 4.18. The standard InChI is InChI=1S/C14H12N4/c1-9-2-3-11(7-16-9)10-4-5-13-12(6-10)14(15)18-8-17-13/h2-8H,1H3,(H2,15,17,18). The molecule has 18 heavy (non-hydrogen) atoms. The summed E-state index contributed by atoms with van der Waals surface area (Å²) in [6.07, 6.45) is 3.33. The Morgan fingerprint density at radius 2 is 1.78 bits per heavy atom. The highest BCUT2D eigenvalue weighted by Gasteiger charge is 2.03. The molecule has 0 unspecified atom stereocenters. The summed E-state index contributed by atoms with van der Waals surface area (Å²) < 4.78 is 0. The Bertz CT molecular complexity index is 705. The van der Waals surface area contributed by atoms with Crippen molar-refractivity contribution in [2.45, 2.75) is 6.92 Å². The van der Waals surface area contributed by atoms with E-state index in [1.807, 2.05) is 43.5 Å². The Morgan fingerprint density at radius 3 is 2.56 bits per heavy atom. The number of aromatic nitrogens is 3. The maximum atomic E-state index is 5.86. The van der Waals surface area contributed by atoms with Crippen LogP contribution in [-0.2, 0) is 0 Å². The van der Waals surface area contributed by atoms with Crippen molar-refractivity contribution >= 4 is 16.7 Å². The zero-order valence-electron chi connectivity index (χ0n) is 9.96. The number of rotatable bonds is 1. The molecule has 0 aliphatic heterocycles. The van der Waals surface area contributed by atoms with E-state index in [-0.39, 0.29) is 0 Å². The Kier molecular flexibility index (Phi) is 2.41. The molecule has 0 radical (unpaired) electrons. The summed E-state index contributed by atoms with van der Waals surface area (Å²) >= 11 is 0. The number of nitrogens with two attached hydrogens (primary N) is 1. The van der Waals surface area contributed by atoms with Gasteiger partial charge in [-0.25, -0.2) is 9.97 Å². The first kappa shape index (κ1) is 10.7. The summed E-state index contributed by atoms with van der Waals surface area (Å²) in [6.45, 7) is 1.97. The highest BCUT2D eigenvalue weighted by atomic mass is 14.9. The van der Waals surface area contributed by atoms with Gasteiger partial charge in [-0.1, -0.05) is 12.1 Å². The zero-order valence-corrected chi connectivity index (χ0v) is 9.96. The van der Waals surface area contributed by atoms with Gasteiger partial charge in [-0.3, -0.25) is 4.98 Å². The van der Waals surface area contributed by atoms with Crippen molar-refractivity contribution in [1.82, 2.24) is 15.0 Å². The van der Waals surface area contributed by atoms with Crippen LogP contribution in [0.25, 0.3) is 22.0 Å². The SMILES string of the molecule is Cc1ccc(-c2ccc3ncnc(N)c3c2)cn1. The Hall–Kier alpha value is -2.49. The van der Waals surface area contributed by atoms with Crippen LogP contribution in [0, 0.1) is 6.92 Å². The van der Waals surface area contributed by atoms with Crippen molar-refractivity contribution in [2.24, 2.45) is 0 Å². The number of pyridine rings is 1. The fraction of sp³-hybridized carbons (Fsp3) is 0.0714. The number of aryl methyl sites for hydroxylation is 1. The lowest BCUT2D eigenvalue weighted by molar-refractivity contribution is 1.20. The molecule has 0 aliphatic rings. The Labute approximate surface area is 105 Å². The predicted molar refractivity (Wildman–Crippen MR) is 71.9 cm³/mol. The molecule has 3 aromatic rings. The van der Waals surface area contributed by atoms with Crippen LogP contribution in [-0.4, -0.2) is 15.0 Å². The van der Waals surface area contributed by atoms with Gasteiger partial charge in [0.2, 0.25) is 0 Å². The number of hydrogen-bond acceptors (Lipinski definition) is 4. The molecule has 0 bridgehead atoms. The first-order valence-corrected chi connectivity index (χ1v) is 5.67. The Balaban J connectivity index is 2.18. The first-order valence-electron chi connectivity index (χ1n) is 5.67. The summed E-state index contributed by atoms with van der Waals surface area (Å²) in [4.78, 5) is 12.5. The molecule has 2 heterocycles. The lowest BCUT2D eigenvalue weighted by Crippen LogP contribution is -1.93. The lowest BCUT2D eigenvalue weighted by Gasteiger charge is -2.05. The van der Waals surface area contributed by atoms with E-state index in [1.54, 1.807) is 0 Å². The molecule has 0 aliphatic carbocycles. The van der Waals surface area contributed by atoms with Gasteiger partial charge in [0.05, 0.1) is 5.52 Å². The third-order valence-electron chi connectivity index (χ3n) is 2.91. The molecule has 2 N–H and O–H groups in total. The van der Waals surface area contributed by atoms with E-state index in [4.69, 9.17) is 5.73 Å². The molecule has 4 heteroatoms. The number of nitrogens with zero attached hydrogens (tertiary/aromatic N) is 3. The highest BCUT2D eigenvalue weighted by molar-refractivity contribution is 5.91. The van der Waals surface area contributed by atoms with Crippen LogP contribution in [0.1, 0.15) is 5.69 Å². The number of fused-ring (bicyclic) bond motifs is 1. The van der Waals surface area contributed by atoms with Crippen molar-refractivity contribution in [3.05, 3.63) is 48.5 Å². The number of benzene rings is 1. The monoisotopic (exact) mass is 236 g/mol. The van der Waals surface area contributed by atoms with Crippen LogP contribution in [0.4, 0.5) is 5.82 Å². The normalized spacial score (nSPS) is 10.7. The summed E-state index contributed by atoms with van der Waals surface area (Å²) in [5.74, 6) is 0.502. The lowest BCUT2D eigenvalue weighted by atomic mass is 10.1. The van der Waals surface area contributed by atoms with Gasteiger partial charge in [0, 0.05) is 22.8 Å². The third-order valence-corrected chi connectivity index (χ3v) is 2.91. The smallest absolute Gasteiger partial charge is 0.134 e. The van der Waals surface area contributed by atoms with Crippen LogP contribution >= 0.6 is 0 Å².